The van der Waals surface area contributed by atoms with Gasteiger partial charge in [-0.05, 0) is 49.1 Å². The highest BCUT2D eigenvalue weighted by Gasteiger charge is 2.21. The number of aryl methyl sites for hydroxylation is 1. The average Bonchev–Trinajstić information content (AvgIpc) is 3.15. The van der Waals surface area contributed by atoms with Gasteiger partial charge in [-0.3, -0.25) is 4.79 Å². The zero-order valence-electron chi connectivity index (χ0n) is 18.3. The van der Waals surface area contributed by atoms with Crippen LogP contribution in [-0.2, 0) is 23.1 Å². The maximum absolute atomic E-state index is 13.0. The smallest absolute Gasteiger partial charge is 0.322 e. The van der Waals surface area contributed by atoms with Crippen molar-refractivity contribution >= 4 is 29.4 Å². The number of hydrogen-bond donors (Lipinski definition) is 1. The minimum absolute atomic E-state index is 0.0245. The van der Waals surface area contributed by atoms with E-state index >= 15 is 0 Å². The molecule has 0 bridgehead atoms. The van der Waals surface area contributed by atoms with Crippen molar-refractivity contribution in [1.29, 1.82) is 0 Å². The van der Waals surface area contributed by atoms with Crippen LogP contribution in [0.3, 0.4) is 0 Å². The Morgan fingerprint density at radius 3 is 2.43 bits per heavy atom. The average molecular weight is 433 g/mol. The molecule has 0 spiro atoms. The summed E-state index contributed by atoms with van der Waals surface area (Å²) in [5, 5.41) is 2.90. The first-order valence-electron chi connectivity index (χ1n) is 10.0. The molecule has 8 heteroatoms. The number of carbonyl (C=O) groups is 2. The van der Waals surface area contributed by atoms with E-state index in [1.807, 2.05) is 67.4 Å². The fraction of sp³-hybridized carbons (Fsp3) is 0.455. The summed E-state index contributed by atoms with van der Waals surface area (Å²) in [5.74, 6) is -0.102. The molecule has 0 saturated heterocycles. The summed E-state index contributed by atoms with van der Waals surface area (Å²) < 4.78 is 7.16. The third-order valence-electron chi connectivity index (χ3n) is 4.77. The summed E-state index contributed by atoms with van der Waals surface area (Å²) in [7, 11) is 3.57. The second-order valence-electron chi connectivity index (χ2n) is 7.00. The van der Waals surface area contributed by atoms with E-state index in [0.29, 0.717) is 31.9 Å². The van der Waals surface area contributed by atoms with E-state index in [2.05, 4.69) is 5.32 Å². The predicted molar refractivity (Wildman–Crippen MR) is 122 cm³/mol. The Morgan fingerprint density at radius 2 is 1.87 bits per heavy atom. The molecule has 7 nitrogen and oxygen atoms in total. The number of urea groups is 1. The molecule has 30 heavy (non-hydrogen) atoms. The monoisotopic (exact) mass is 432 g/mol. The Hall–Kier alpha value is -2.45. The molecule has 2 aromatic rings. The predicted octanol–water partition coefficient (Wildman–Crippen LogP) is 3.67. The van der Waals surface area contributed by atoms with Gasteiger partial charge in [0.25, 0.3) is 0 Å². The Balaban J connectivity index is 2.05. The molecule has 0 aliphatic carbocycles. The summed E-state index contributed by atoms with van der Waals surface area (Å²) in [6.45, 7) is 3.91. The number of nitrogens with one attached hydrogen (secondary N) is 1. The van der Waals surface area contributed by atoms with E-state index in [0.717, 1.165) is 17.0 Å². The van der Waals surface area contributed by atoms with Gasteiger partial charge < -0.3 is 24.4 Å². The van der Waals surface area contributed by atoms with E-state index in [1.165, 1.54) is 0 Å². The Morgan fingerprint density at radius 1 is 1.13 bits per heavy atom. The highest BCUT2D eigenvalue weighted by atomic mass is 32.2. The summed E-state index contributed by atoms with van der Waals surface area (Å²) in [5.41, 5.74) is 1.74. The number of methoxy groups -OCH3 is 1. The Labute approximate surface area is 183 Å². The summed E-state index contributed by atoms with van der Waals surface area (Å²) in [4.78, 5) is 30.3. The van der Waals surface area contributed by atoms with Crippen molar-refractivity contribution in [3.05, 3.63) is 48.3 Å². The minimum atomic E-state index is -0.271. The van der Waals surface area contributed by atoms with Crippen molar-refractivity contribution in [3.8, 4) is 0 Å². The van der Waals surface area contributed by atoms with Crippen LogP contribution >= 0.6 is 11.8 Å². The molecule has 0 radical (unpaired) electrons. The maximum atomic E-state index is 13.0. The fourth-order valence-corrected chi connectivity index (χ4v) is 3.42. The second kappa shape index (κ2) is 12.3. The van der Waals surface area contributed by atoms with Crippen molar-refractivity contribution in [1.82, 2.24) is 14.4 Å². The van der Waals surface area contributed by atoms with Crippen LogP contribution in [0, 0.1) is 0 Å². The summed E-state index contributed by atoms with van der Waals surface area (Å²) in [6, 6.07) is 11.3. The molecule has 0 unspecified atom stereocenters. The van der Waals surface area contributed by atoms with Crippen LogP contribution in [0.1, 0.15) is 19.0 Å². The quantitative estimate of drug-likeness (QED) is 0.550. The lowest BCUT2D eigenvalue weighted by molar-refractivity contribution is -0.133. The Kier molecular flexibility index (Phi) is 9.76. The molecule has 0 atom stereocenters. The molecule has 1 aromatic heterocycles. The molecule has 1 aromatic carbocycles. The number of nitrogens with zero attached hydrogens (tertiary/aromatic N) is 3. The lowest BCUT2D eigenvalue weighted by Crippen LogP contribution is -2.45. The van der Waals surface area contributed by atoms with Crippen LogP contribution in [0.5, 0.6) is 0 Å². The topological polar surface area (TPSA) is 66.8 Å². The molecule has 1 heterocycles. The summed E-state index contributed by atoms with van der Waals surface area (Å²) >= 11 is 1.65. The van der Waals surface area contributed by atoms with Gasteiger partial charge in [0.2, 0.25) is 5.91 Å². The summed E-state index contributed by atoms with van der Waals surface area (Å²) in [6.07, 6.45) is 4.72. The standard InChI is InChI=1S/C22H32N4O3S/c1-5-12-26(22(28)23-18-8-10-20(30-4)11-9-18)17-21(27)25(14-15-29-3)16-19-7-6-13-24(19)2/h6-11,13H,5,12,14-17H2,1-4H3,(H,23,28). The van der Waals surface area contributed by atoms with Crippen molar-refractivity contribution < 1.29 is 14.3 Å². The molecule has 0 aliphatic heterocycles. The lowest BCUT2D eigenvalue weighted by atomic mass is 10.3. The van der Waals surface area contributed by atoms with Gasteiger partial charge in [-0.15, -0.1) is 11.8 Å². The van der Waals surface area contributed by atoms with Gasteiger partial charge >= 0.3 is 6.03 Å². The molecule has 0 fully saturated rings. The van der Waals surface area contributed by atoms with Crippen LogP contribution in [0.2, 0.25) is 0 Å². The first kappa shape index (κ1) is 23.8. The third-order valence-corrected chi connectivity index (χ3v) is 5.51. The maximum Gasteiger partial charge on any atom is 0.322 e. The van der Waals surface area contributed by atoms with E-state index < -0.39 is 0 Å². The van der Waals surface area contributed by atoms with Crippen molar-refractivity contribution in [2.45, 2.75) is 24.8 Å². The van der Waals surface area contributed by atoms with Gasteiger partial charge in [0, 0.05) is 49.7 Å². The van der Waals surface area contributed by atoms with Gasteiger partial charge in [0.15, 0.2) is 0 Å². The third kappa shape index (κ3) is 7.11. The normalized spacial score (nSPS) is 10.7. The van der Waals surface area contributed by atoms with Gasteiger partial charge in [-0.1, -0.05) is 6.92 Å². The van der Waals surface area contributed by atoms with Crippen molar-refractivity contribution in [2.75, 3.05) is 44.9 Å². The molecular formula is C22H32N4O3S. The van der Waals surface area contributed by atoms with Crippen LogP contribution in [0.4, 0.5) is 10.5 Å². The highest BCUT2D eigenvalue weighted by molar-refractivity contribution is 7.98. The zero-order valence-corrected chi connectivity index (χ0v) is 19.1. The first-order valence-corrected chi connectivity index (χ1v) is 11.3. The highest BCUT2D eigenvalue weighted by Crippen LogP contribution is 2.18. The van der Waals surface area contributed by atoms with Crippen molar-refractivity contribution in [3.63, 3.8) is 0 Å². The number of benzene rings is 1. The molecule has 164 valence electrons. The van der Waals surface area contributed by atoms with Gasteiger partial charge in [-0.2, -0.15) is 0 Å². The minimum Gasteiger partial charge on any atom is -0.383 e. The van der Waals surface area contributed by atoms with E-state index in [4.69, 9.17) is 4.74 Å². The van der Waals surface area contributed by atoms with Crippen molar-refractivity contribution in [2.24, 2.45) is 7.05 Å². The zero-order chi connectivity index (χ0) is 21.9. The van der Waals surface area contributed by atoms with Gasteiger partial charge in [0.05, 0.1) is 13.2 Å². The molecule has 0 aliphatic rings. The molecule has 0 saturated carbocycles. The number of amides is 3. The first-order chi connectivity index (χ1) is 14.5. The fourth-order valence-electron chi connectivity index (χ4n) is 3.01. The van der Waals surface area contributed by atoms with Crippen LogP contribution in [0.25, 0.3) is 0 Å². The molecule has 1 N–H and O–H groups in total. The molecular weight excluding hydrogens is 400 g/mol. The van der Waals surface area contributed by atoms with Crippen LogP contribution in [-0.4, -0.2) is 65.9 Å². The second-order valence-corrected chi connectivity index (χ2v) is 7.88. The van der Waals surface area contributed by atoms with Gasteiger partial charge in [-0.25, -0.2) is 4.79 Å². The number of hydrogen-bond acceptors (Lipinski definition) is 4. The van der Waals surface area contributed by atoms with E-state index in [-0.39, 0.29) is 18.5 Å². The number of anilines is 1. The largest absolute Gasteiger partial charge is 0.383 e. The number of rotatable bonds is 11. The lowest BCUT2D eigenvalue weighted by Gasteiger charge is -2.27. The molecule has 2 rings (SSSR count). The number of aromatic nitrogens is 1. The van der Waals surface area contributed by atoms with E-state index in [9.17, 15) is 9.59 Å². The molecule has 3 amide bonds. The number of ether oxygens (including phenoxy) is 1. The number of carbonyl (C=O) groups excluding carboxylic acids is 2. The Bertz CT molecular complexity index is 807. The van der Waals surface area contributed by atoms with Crippen LogP contribution in [0.15, 0.2) is 47.5 Å². The van der Waals surface area contributed by atoms with E-state index in [1.54, 1.807) is 28.7 Å². The SMILES string of the molecule is CCCN(CC(=O)N(CCOC)Cc1cccn1C)C(=O)Nc1ccc(SC)cc1. The number of thioether (sulfide) groups is 1. The van der Waals surface area contributed by atoms with Gasteiger partial charge in [0.1, 0.15) is 6.54 Å². The van der Waals surface area contributed by atoms with Crippen LogP contribution < -0.4 is 5.32 Å².